The van der Waals surface area contributed by atoms with Gasteiger partial charge in [-0.05, 0) is 24.8 Å². The maximum Gasteiger partial charge on any atom is 0.332 e. The van der Waals surface area contributed by atoms with E-state index in [1.807, 2.05) is 20.0 Å². The highest BCUT2D eigenvalue weighted by molar-refractivity contribution is 7.89. The maximum atomic E-state index is 13.6. The monoisotopic (exact) mass is 458 g/mol. The first-order chi connectivity index (χ1) is 15.0. The first kappa shape index (κ1) is 21.1. The number of imidazole rings is 1. The van der Waals surface area contributed by atoms with Gasteiger partial charge in [0.1, 0.15) is 16.4 Å². The fraction of sp³-hybridized carbons (Fsp3) is 0.524. The first-order valence-corrected chi connectivity index (χ1v) is 12.0. The van der Waals surface area contributed by atoms with Gasteiger partial charge in [-0.3, -0.25) is 13.9 Å². The molecule has 32 heavy (non-hydrogen) atoms. The van der Waals surface area contributed by atoms with Gasteiger partial charge in [-0.15, -0.1) is 0 Å². The number of sulfonamides is 1. The predicted molar refractivity (Wildman–Crippen MR) is 118 cm³/mol. The van der Waals surface area contributed by atoms with Crippen LogP contribution in [0.25, 0.3) is 11.0 Å². The SMILES string of the molecule is Cn1c(=O)c2cc(S(=O)(=O)N3CC(C)(C)C3c3nccn3CC3CC3)cnc2n(C)c1=O. The molecule has 0 amide bonds. The Morgan fingerprint density at radius 3 is 2.50 bits per heavy atom. The fourth-order valence-corrected chi connectivity index (χ4v) is 6.47. The molecule has 1 aliphatic heterocycles. The second-order valence-corrected chi connectivity index (χ2v) is 11.5. The standard InChI is InChI=1S/C21H26N6O4S/c1-21(2)12-27(16(21)18-22-7-8-26(18)11-13-5-6-13)32(30,31)14-9-15-17(23-10-14)24(3)20(29)25(4)19(15)28/h7-10,13,16H,5-6,11-12H2,1-4H3. The number of hydrogen-bond acceptors (Lipinski definition) is 6. The second-order valence-electron chi connectivity index (χ2n) is 9.57. The zero-order chi connectivity index (χ0) is 23.0. The van der Waals surface area contributed by atoms with E-state index in [2.05, 4.69) is 14.5 Å². The van der Waals surface area contributed by atoms with E-state index >= 15 is 0 Å². The van der Waals surface area contributed by atoms with Crippen molar-refractivity contribution in [2.75, 3.05) is 6.54 Å². The van der Waals surface area contributed by atoms with Gasteiger partial charge in [-0.2, -0.15) is 4.31 Å². The minimum atomic E-state index is -3.94. The molecule has 1 atom stereocenters. The van der Waals surface area contributed by atoms with Crippen molar-refractivity contribution in [1.29, 1.82) is 0 Å². The summed E-state index contributed by atoms with van der Waals surface area (Å²) < 4.78 is 32.9. The van der Waals surface area contributed by atoms with Crippen molar-refractivity contribution >= 4 is 21.1 Å². The van der Waals surface area contributed by atoms with Gasteiger partial charge in [0.2, 0.25) is 10.0 Å². The van der Waals surface area contributed by atoms with Crippen molar-refractivity contribution in [2.45, 2.75) is 44.2 Å². The molecule has 2 aliphatic rings. The van der Waals surface area contributed by atoms with Gasteiger partial charge in [0.05, 0.1) is 11.4 Å². The normalized spacial score (nSPS) is 21.1. The molecular weight excluding hydrogens is 432 g/mol. The predicted octanol–water partition coefficient (Wildman–Crippen LogP) is 1.01. The lowest BCUT2D eigenvalue weighted by Gasteiger charge is -2.52. The molecular formula is C21H26N6O4S. The van der Waals surface area contributed by atoms with Crippen LogP contribution in [-0.2, 0) is 30.7 Å². The summed E-state index contributed by atoms with van der Waals surface area (Å²) in [7, 11) is -1.08. The summed E-state index contributed by atoms with van der Waals surface area (Å²) in [6, 6.07) is 0.901. The van der Waals surface area contributed by atoms with E-state index in [4.69, 9.17) is 0 Å². The van der Waals surface area contributed by atoms with Crippen molar-refractivity contribution in [1.82, 2.24) is 28.0 Å². The quantitative estimate of drug-likeness (QED) is 0.564. The van der Waals surface area contributed by atoms with Gasteiger partial charge < -0.3 is 4.57 Å². The number of fused-ring (bicyclic) bond motifs is 1. The number of aryl methyl sites for hydroxylation is 1. The Balaban J connectivity index is 1.58. The Kier molecular flexibility index (Phi) is 4.51. The molecule has 1 unspecified atom stereocenters. The van der Waals surface area contributed by atoms with Crippen molar-refractivity contribution in [3.05, 3.63) is 51.3 Å². The minimum absolute atomic E-state index is 0.0680. The van der Waals surface area contributed by atoms with Crippen molar-refractivity contribution < 1.29 is 8.42 Å². The van der Waals surface area contributed by atoms with Gasteiger partial charge >= 0.3 is 5.69 Å². The van der Waals surface area contributed by atoms with Crippen LogP contribution in [0.1, 0.15) is 38.6 Å². The van der Waals surface area contributed by atoms with Gasteiger partial charge in [0.15, 0.2) is 0 Å². The Labute approximate surface area is 185 Å². The molecule has 3 aromatic rings. The number of aromatic nitrogens is 5. The van der Waals surface area contributed by atoms with Crippen LogP contribution >= 0.6 is 0 Å². The summed E-state index contributed by atoms with van der Waals surface area (Å²) in [4.78, 5) is 33.4. The van der Waals surface area contributed by atoms with Crippen LogP contribution in [0.5, 0.6) is 0 Å². The highest BCUT2D eigenvalue weighted by Crippen LogP contribution is 2.50. The molecule has 0 aromatic carbocycles. The number of nitrogens with zero attached hydrogens (tertiary/aromatic N) is 6. The Hall–Kier alpha value is -2.79. The molecule has 1 saturated heterocycles. The molecule has 2 fully saturated rings. The van der Waals surface area contributed by atoms with E-state index in [-0.39, 0.29) is 21.3 Å². The van der Waals surface area contributed by atoms with E-state index < -0.39 is 27.3 Å². The third kappa shape index (κ3) is 3.06. The first-order valence-electron chi connectivity index (χ1n) is 10.6. The third-order valence-electron chi connectivity index (χ3n) is 6.61. The molecule has 0 spiro atoms. The Morgan fingerprint density at radius 2 is 1.84 bits per heavy atom. The van der Waals surface area contributed by atoms with Crippen LogP contribution in [0.4, 0.5) is 0 Å². The third-order valence-corrected chi connectivity index (χ3v) is 8.39. The van der Waals surface area contributed by atoms with Crippen molar-refractivity contribution in [3.63, 3.8) is 0 Å². The smallest absolute Gasteiger partial charge is 0.332 e. The maximum absolute atomic E-state index is 13.6. The van der Waals surface area contributed by atoms with E-state index in [1.165, 1.54) is 48.1 Å². The fourth-order valence-electron chi connectivity index (χ4n) is 4.58. The Bertz CT molecular complexity index is 1460. The lowest BCUT2D eigenvalue weighted by atomic mass is 9.76. The number of rotatable bonds is 5. The minimum Gasteiger partial charge on any atom is -0.333 e. The van der Waals surface area contributed by atoms with Gasteiger partial charge in [0, 0.05) is 51.2 Å². The Morgan fingerprint density at radius 1 is 1.12 bits per heavy atom. The highest BCUT2D eigenvalue weighted by Gasteiger charge is 2.54. The van der Waals surface area contributed by atoms with Crippen molar-refractivity contribution in [3.8, 4) is 0 Å². The molecule has 0 N–H and O–H groups in total. The second kappa shape index (κ2) is 6.85. The summed E-state index contributed by atoms with van der Waals surface area (Å²) in [6.45, 7) is 5.24. The molecule has 10 nitrogen and oxygen atoms in total. The lowest BCUT2D eigenvalue weighted by Crippen LogP contribution is -2.58. The summed E-state index contributed by atoms with van der Waals surface area (Å²) in [6.07, 6.45) is 7.23. The molecule has 3 aromatic heterocycles. The molecule has 1 aliphatic carbocycles. The molecule has 0 bridgehead atoms. The topological polar surface area (TPSA) is 112 Å². The van der Waals surface area contributed by atoms with E-state index in [1.54, 1.807) is 6.20 Å². The molecule has 1 saturated carbocycles. The van der Waals surface area contributed by atoms with Gasteiger partial charge in [0.25, 0.3) is 5.56 Å². The molecule has 0 radical (unpaired) electrons. The lowest BCUT2D eigenvalue weighted by molar-refractivity contribution is 0.0112. The van der Waals surface area contributed by atoms with Gasteiger partial charge in [-0.25, -0.2) is 23.2 Å². The molecule has 11 heteroatoms. The average Bonchev–Trinajstić information content (AvgIpc) is 3.46. The summed E-state index contributed by atoms with van der Waals surface area (Å²) in [5.74, 6) is 1.37. The molecule has 5 rings (SSSR count). The van der Waals surface area contributed by atoms with Crippen LogP contribution in [0.2, 0.25) is 0 Å². The number of pyridine rings is 1. The summed E-state index contributed by atoms with van der Waals surface area (Å²) in [5, 5.41) is 0.0854. The van der Waals surface area contributed by atoms with E-state index in [9.17, 15) is 18.0 Å². The highest BCUT2D eigenvalue weighted by atomic mass is 32.2. The summed E-state index contributed by atoms with van der Waals surface area (Å²) in [5.41, 5.74) is -1.23. The van der Waals surface area contributed by atoms with Crippen LogP contribution in [0.3, 0.4) is 0 Å². The largest absolute Gasteiger partial charge is 0.333 e. The van der Waals surface area contributed by atoms with Crippen LogP contribution in [0.15, 0.2) is 39.1 Å². The van der Waals surface area contributed by atoms with Crippen molar-refractivity contribution in [2.24, 2.45) is 25.4 Å². The van der Waals surface area contributed by atoms with E-state index in [0.717, 1.165) is 16.9 Å². The number of hydrogen-bond donors (Lipinski definition) is 0. The van der Waals surface area contributed by atoms with E-state index in [0.29, 0.717) is 12.5 Å². The van der Waals surface area contributed by atoms with Crippen LogP contribution < -0.4 is 11.2 Å². The van der Waals surface area contributed by atoms with Crippen LogP contribution in [-0.4, -0.2) is 42.9 Å². The zero-order valence-corrected chi connectivity index (χ0v) is 19.3. The van der Waals surface area contributed by atoms with Gasteiger partial charge in [-0.1, -0.05) is 13.8 Å². The van der Waals surface area contributed by atoms with Crippen LogP contribution in [0, 0.1) is 11.3 Å². The average molecular weight is 459 g/mol. The molecule has 4 heterocycles. The molecule has 170 valence electrons. The summed E-state index contributed by atoms with van der Waals surface area (Å²) >= 11 is 0. The zero-order valence-electron chi connectivity index (χ0n) is 18.5.